The summed E-state index contributed by atoms with van der Waals surface area (Å²) >= 11 is 0. The Kier molecular flexibility index (Phi) is 2.75. The maximum atomic E-state index is 13.6. The van der Waals surface area contributed by atoms with E-state index in [-0.39, 0.29) is 16.8 Å². The van der Waals surface area contributed by atoms with Gasteiger partial charge in [0.2, 0.25) is 0 Å². The van der Waals surface area contributed by atoms with Crippen LogP contribution in [0.3, 0.4) is 0 Å². The van der Waals surface area contributed by atoms with E-state index in [4.69, 9.17) is 4.42 Å². The zero-order valence-corrected chi connectivity index (χ0v) is 11.1. The number of aliphatic hydroxyl groups is 1. The standard InChI is InChI=1S/C16H17FO2/c1-16(2)8-11(6-12(18)9-16)14-7-10-4-3-5-13(17)15(10)19-14/h3-7,12,18H,8-9H2,1-2H3. The quantitative estimate of drug-likeness (QED) is 0.836. The number of rotatable bonds is 1. The number of benzene rings is 1. The first kappa shape index (κ1) is 12.4. The molecule has 3 rings (SSSR count). The van der Waals surface area contributed by atoms with Crippen molar-refractivity contribution in [3.8, 4) is 0 Å². The minimum absolute atomic E-state index is 0.0288. The smallest absolute Gasteiger partial charge is 0.170 e. The van der Waals surface area contributed by atoms with Gasteiger partial charge in [-0.05, 0) is 42.0 Å². The molecule has 0 fully saturated rings. The van der Waals surface area contributed by atoms with Crippen LogP contribution in [0.15, 0.2) is 34.8 Å². The summed E-state index contributed by atoms with van der Waals surface area (Å²) in [6, 6.07) is 6.74. The average molecular weight is 260 g/mol. The van der Waals surface area contributed by atoms with Crippen molar-refractivity contribution < 1.29 is 13.9 Å². The van der Waals surface area contributed by atoms with E-state index in [1.54, 1.807) is 6.07 Å². The number of furan rings is 1. The Hall–Kier alpha value is -1.61. The molecule has 0 saturated carbocycles. The van der Waals surface area contributed by atoms with Crippen molar-refractivity contribution in [1.29, 1.82) is 0 Å². The number of aliphatic hydroxyl groups excluding tert-OH is 1. The van der Waals surface area contributed by atoms with Crippen molar-refractivity contribution in [2.24, 2.45) is 5.41 Å². The molecule has 2 nitrogen and oxygen atoms in total. The molecule has 1 heterocycles. The van der Waals surface area contributed by atoms with Gasteiger partial charge in [0.1, 0.15) is 5.76 Å². The van der Waals surface area contributed by atoms with Crippen molar-refractivity contribution in [1.82, 2.24) is 0 Å². The molecule has 1 N–H and O–H groups in total. The van der Waals surface area contributed by atoms with Gasteiger partial charge in [-0.1, -0.05) is 26.0 Å². The van der Waals surface area contributed by atoms with E-state index in [9.17, 15) is 9.50 Å². The van der Waals surface area contributed by atoms with Crippen LogP contribution in [0.4, 0.5) is 4.39 Å². The second-order valence-electron chi connectivity index (χ2n) is 6.07. The first-order valence-corrected chi connectivity index (χ1v) is 6.52. The Balaban J connectivity index is 2.07. The SMILES string of the molecule is CC1(C)CC(c2cc3cccc(F)c3o2)=CC(O)C1. The fraction of sp³-hybridized carbons (Fsp3) is 0.375. The van der Waals surface area contributed by atoms with Crippen molar-refractivity contribution in [3.05, 3.63) is 41.9 Å². The first-order chi connectivity index (χ1) is 8.94. The summed E-state index contributed by atoms with van der Waals surface area (Å²) in [7, 11) is 0. The van der Waals surface area contributed by atoms with Gasteiger partial charge >= 0.3 is 0 Å². The zero-order chi connectivity index (χ0) is 13.6. The molecule has 0 spiro atoms. The van der Waals surface area contributed by atoms with Crippen LogP contribution in [0.1, 0.15) is 32.4 Å². The largest absolute Gasteiger partial charge is 0.453 e. The molecule has 100 valence electrons. The molecule has 1 aromatic heterocycles. The van der Waals surface area contributed by atoms with Crippen LogP contribution in [0.25, 0.3) is 16.5 Å². The Morgan fingerprint density at radius 2 is 2.16 bits per heavy atom. The molecule has 1 aliphatic carbocycles. The summed E-state index contributed by atoms with van der Waals surface area (Å²) < 4.78 is 19.3. The Morgan fingerprint density at radius 1 is 1.37 bits per heavy atom. The van der Waals surface area contributed by atoms with Crippen LogP contribution in [-0.2, 0) is 0 Å². The first-order valence-electron chi connectivity index (χ1n) is 6.52. The van der Waals surface area contributed by atoms with Crippen LogP contribution in [0.5, 0.6) is 0 Å². The van der Waals surface area contributed by atoms with Crippen molar-refractivity contribution in [3.63, 3.8) is 0 Å². The van der Waals surface area contributed by atoms with Crippen LogP contribution in [0.2, 0.25) is 0 Å². The highest BCUT2D eigenvalue weighted by molar-refractivity contribution is 5.82. The highest BCUT2D eigenvalue weighted by Crippen LogP contribution is 2.40. The van der Waals surface area contributed by atoms with E-state index in [0.717, 1.165) is 23.8 Å². The predicted octanol–water partition coefficient (Wildman–Crippen LogP) is 4.14. The van der Waals surface area contributed by atoms with E-state index in [1.807, 2.05) is 18.2 Å². The molecule has 1 unspecified atom stereocenters. The summed E-state index contributed by atoms with van der Waals surface area (Å²) in [6.07, 6.45) is 2.93. The van der Waals surface area contributed by atoms with Gasteiger partial charge in [-0.2, -0.15) is 0 Å². The molecular formula is C16H17FO2. The number of hydrogen-bond donors (Lipinski definition) is 1. The topological polar surface area (TPSA) is 33.4 Å². The lowest BCUT2D eigenvalue weighted by atomic mass is 9.75. The van der Waals surface area contributed by atoms with Gasteiger partial charge in [-0.3, -0.25) is 0 Å². The molecule has 0 radical (unpaired) electrons. The second kappa shape index (κ2) is 4.20. The van der Waals surface area contributed by atoms with Gasteiger partial charge in [-0.25, -0.2) is 4.39 Å². The van der Waals surface area contributed by atoms with Crippen LogP contribution in [0, 0.1) is 11.2 Å². The summed E-state index contributed by atoms with van der Waals surface area (Å²) in [5, 5.41) is 10.7. The van der Waals surface area contributed by atoms with Gasteiger partial charge in [0, 0.05) is 5.39 Å². The molecule has 0 aliphatic heterocycles. The van der Waals surface area contributed by atoms with Crippen molar-refractivity contribution in [2.75, 3.05) is 0 Å². The molecule has 0 bridgehead atoms. The molecule has 1 aliphatic rings. The lowest BCUT2D eigenvalue weighted by Gasteiger charge is -2.31. The second-order valence-corrected chi connectivity index (χ2v) is 6.07. The van der Waals surface area contributed by atoms with Gasteiger partial charge in [0.15, 0.2) is 11.4 Å². The highest BCUT2D eigenvalue weighted by atomic mass is 19.1. The fourth-order valence-corrected chi connectivity index (χ4v) is 2.86. The summed E-state index contributed by atoms with van der Waals surface area (Å²) in [4.78, 5) is 0. The highest BCUT2D eigenvalue weighted by Gasteiger charge is 2.29. The summed E-state index contributed by atoms with van der Waals surface area (Å²) in [5.41, 5.74) is 1.27. The van der Waals surface area contributed by atoms with Crippen molar-refractivity contribution >= 4 is 16.5 Å². The third kappa shape index (κ3) is 2.30. The van der Waals surface area contributed by atoms with E-state index >= 15 is 0 Å². The lowest BCUT2D eigenvalue weighted by Crippen LogP contribution is -2.24. The summed E-state index contributed by atoms with van der Waals surface area (Å²) in [6.45, 7) is 4.24. The molecule has 1 aromatic carbocycles. The predicted molar refractivity (Wildman–Crippen MR) is 73.2 cm³/mol. The number of halogens is 1. The van der Waals surface area contributed by atoms with Gasteiger partial charge in [0.25, 0.3) is 0 Å². The normalized spacial score (nSPS) is 22.5. The van der Waals surface area contributed by atoms with Crippen molar-refractivity contribution in [2.45, 2.75) is 32.8 Å². The third-order valence-corrected chi connectivity index (χ3v) is 3.64. The minimum atomic E-state index is -0.461. The van der Waals surface area contributed by atoms with E-state index in [2.05, 4.69) is 13.8 Å². The molecule has 19 heavy (non-hydrogen) atoms. The molecular weight excluding hydrogens is 243 g/mol. The number of para-hydroxylation sites is 1. The molecule has 0 saturated heterocycles. The number of hydrogen-bond acceptors (Lipinski definition) is 2. The maximum Gasteiger partial charge on any atom is 0.170 e. The monoisotopic (exact) mass is 260 g/mol. The van der Waals surface area contributed by atoms with Gasteiger partial charge < -0.3 is 9.52 Å². The van der Waals surface area contributed by atoms with Gasteiger partial charge in [-0.15, -0.1) is 0 Å². The van der Waals surface area contributed by atoms with E-state index in [1.165, 1.54) is 6.07 Å². The maximum absolute atomic E-state index is 13.6. The zero-order valence-electron chi connectivity index (χ0n) is 11.1. The summed E-state index contributed by atoms with van der Waals surface area (Å²) in [5.74, 6) is 0.312. The van der Waals surface area contributed by atoms with Crippen LogP contribution < -0.4 is 0 Å². The third-order valence-electron chi connectivity index (χ3n) is 3.64. The van der Waals surface area contributed by atoms with Crippen LogP contribution >= 0.6 is 0 Å². The average Bonchev–Trinajstić information content (AvgIpc) is 2.71. The molecule has 0 amide bonds. The Labute approximate surface area is 111 Å². The molecule has 3 heteroatoms. The van der Waals surface area contributed by atoms with Crippen LogP contribution in [-0.4, -0.2) is 11.2 Å². The van der Waals surface area contributed by atoms with E-state index < -0.39 is 6.10 Å². The number of allylic oxidation sites excluding steroid dienone is 1. The Morgan fingerprint density at radius 3 is 2.84 bits per heavy atom. The van der Waals surface area contributed by atoms with Gasteiger partial charge in [0.05, 0.1) is 6.10 Å². The molecule has 1 atom stereocenters. The van der Waals surface area contributed by atoms with E-state index in [0.29, 0.717) is 5.76 Å². The molecule has 2 aromatic rings. The lowest BCUT2D eigenvalue weighted by molar-refractivity contribution is 0.145. The minimum Gasteiger partial charge on any atom is -0.453 e. The number of fused-ring (bicyclic) bond motifs is 1. The fourth-order valence-electron chi connectivity index (χ4n) is 2.86. The Bertz CT molecular complexity index is 652.